The lowest BCUT2D eigenvalue weighted by atomic mass is 9.96. The lowest BCUT2D eigenvalue weighted by molar-refractivity contribution is 0.00707. The summed E-state index contributed by atoms with van der Waals surface area (Å²) in [6, 6.07) is 18.2. The van der Waals surface area contributed by atoms with Crippen LogP contribution in [0.5, 0.6) is 0 Å². The molecule has 31 heavy (non-hydrogen) atoms. The van der Waals surface area contributed by atoms with Crippen molar-refractivity contribution < 1.29 is 13.9 Å². The van der Waals surface area contributed by atoms with Crippen LogP contribution in [-0.2, 0) is 17.6 Å². The predicted octanol–water partition coefficient (Wildman–Crippen LogP) is 6.93. The van der Waals surface area contributed by atoms with Gasteiger partial charge in [0.25, 0.3) is 0 Å². The lowest BCUT2D eigenvalue weighted by Gasteiger charge is -2.21. The molecule has 0 bridgehead atoms. The molecule has 0 aromatic heterocycles. The number of esters is 1. The van der Waals surface area contributed by atoms with Gasteiger partial charge < -0.3 is 10.1 Å². The number of nitrogens with one attached hydrogen (secondary N) is 1. The second-order valence-corrected chi connectivity index (χ2v) is 8.87. The van der Waals surface area contributed by atoms with Gasteiger partial charge in [0.05, 0.1) is 11.3 Å². The van der Waals surface area contributed by atoms with E-state index in [1.807, 2.05) is 32.9 Å². The largest absolute Gasteiger partial charge is 0.456 e. The zero-order valence-electron chi connectivity index (χ0n) is 18.9. The fourth-order valence-corrected chi connectivity index (χ4v) is 3.41. The molecule has 0 aliphatic carbocycles. The van der Waals surface area contributed by atoms with Crippen LogP contribution in [0.1, 0.15) is 53.4 Å². The molecule has 0 saturated carbocycles. The summed E-state index contributed by atoms with van der Waals surface area (Å²) < 4.78 is 18.9. The highest BCUT2D eigenvalue weighted by Crippen LogP contribution is 2.26. The third kappa shape index (κ3) is 6.17. The molecule has 3 nitrogen and oxygen atoms in total. The average Bonchev–Trinajstić information content (AvgIpc) is 2.69. The number of hydrogen-bond donors (Lipinski definition) is 1. The van der Waals surface area contributed by atoms with Gasteiger partial charge in [-0.05, 0) is 106 Å². The monoisotopic (exact) mass is 419 g/mol. The van der Waals surface area contributed by atoms with Crippen LogP contribution in [0.25, 0.3) is 0 Å². The fourth-order valence-electron chi connectivity index (χ4n) is 3.41. The minimum absolute atomic E-state index is 0.305. The summed E-state index contributed by atoms with van der Waals surface area (Å²) in [4.78, 5) is 12.8. The standard InChI is InChI=1S/C27H30FNO2/c1-18-7-6-8-21(19(18)2)11-9-20-10-16-24(26(30)31-27(3,4)5)25(17-20)29-23-14-12-22(28)13-15-23/h6-8,10,12-17,29H,9,11H2,1-5H3. The molecular weight excluding hydrogens is 389 g/mol. The van der Waals surface area contributed by atoms with Crippen LogP contribution < -0.4 is 5.32 Å². The molecule has 0 unspecified atom stereocenters. The number of anilines is 2. The first-order valence-electron chi connectivity index (χ1n) is 10.6. The molecule has 3 rings (SSSR count). The molecule has 162 valence electrons. The van der Waals surface area contributed by atoms with Crippen molar-refractivity contribution in [1.29, 1.82) is 0 Å². The van der Waals surface area contributed by atoms with Gasteiger partial charge in [-0.2, -0.15) is 0 Å². The summed E-state index contributed by atoms with van der Waals surface area (Å²) in [7, 11) is 0. The molecule has 3 aromatic carbocycles. The van der Waals surface area contributed by atoms with Crippen molar-refractivity contribution >= 4 is 17.3 Å². The number of aryl methyl sites for hydroxylation is 3. The number of ether oxygens (including phenoxy) is 1. The molecule has 0 amide bonds. The van der Waals surface area contributed by atoms with Crippen LogP contribution in [0.3, 0.4) is 0 Å². The third-order valence-corrected chi connectivity index (χ3v) is 5.23. The van der Waals surface area contributed by atoms with E-state index in [9.17, 15) is 9.18 Å². The molecular formula is C27H30FNO2. The van der Waals surface area contributed by atoms with Gasteiger partial charge in [0.2, 0.25) is 0 Å². The topological polar surface area (TPSA) is 38.3 Å². The second-order valence-electron chi connectivity index (χ2n) is 8.87. The van der Waals surface area contributed by atoms with Crippen LogP contribution in [0.15, 0.2) is 60.7 Å². The molecule has 0 heterocycles. The molecule has 3 aromatic rings. The number of carbonyl (C=O) groups excluding carboxylic acids is 1. The van der Waals surface area contributed by atoms with Gasteiger partial charge in [-0.1, -0.05) is 24.3 Å². The molecule has 0 spiro atoms. The maximum atomic E-state index is 13.3. The van der Waals surface area contributed by atoms with E-state index in [0.29, 0.717) is 16.9 Å². The molecule has 4 heteroatoms. The van der Waals surface area contributed by atoms with Crippen molar-refractivity contribution in [3.8, 4) is 0 Å². The van der Waals surface area contributed by atoms with Crippen LogP contribution in [0.4, 0.5) is 15.8 Å². The number of carbonyl (C=O) groups is 1. The molecule has 0 fully saturated rings. The Morgan fingerprint density at radius 2 is 1.68 bits per heavy atom. The maximum Gasteiger partial charge on any atom is 0.340 e. The Balaban J connectivity index is 1.88. The number of hydrogen-bond acceptors (Lipinski definition) is 3. The Bertz CT molecular complexity index is 1070. The Hall–Kier alpha value is -3.14. The average molecular weight is 420 g/mol. The van der Waals surface area contributed by atoms with E-state index in [2.05, 4.69) is 37.4 Å². The lowest BCUT2D eigenvalue weighted by Crippen LogP contribution is -2.24. The summed E-state index contributed by atoms with van der Waals surface area (Å²) in [5.74, 6) is -0.696. The first-order valence-corrected chi connectivity index (χ1v) is 10.6. The van der Waals surface area contributed by atoms with Crippen molar-refractivity contribution in [3.05, 3.63) is 94.3 Å². The van der Waals surface area contributed by atoms with Gasteiger partial charge in [0.1, 0.15) is 11.4 Å². The molecule has 0 saturated heterocycles. The van der Waals surface area contributed by atoms with E-state index < -0.39 is 11.6 Å². The SMILES string of the molecule is Cc1cccc(CCc2ccc(C(=O)OC(C)(C)C)c(Nc3ccc(F)cc3)c2)c1C. The van der Waals surface area contributed by atoms with E-state index in [0.717, 1.165) is 18.4 Å². The van der Waals surface area contributed by atoms with Crippen LogP contribution >= 0.6 is 0 Å². The molecule has 0 atom stereocenters. The van der Waals surface area contributed by atoms with E-state index in [1.54, 1.807) is 18.2 Å². The first kappa shape index (κ1) is 22.5. The number of halogens is 1. The van der Waals surface area contributed by atoms with Crippen molar-refractivity contribution in [2.75, 3.05) is 5.32 Å². The maximum absolute atomic E-state index is 13.3. The van der Waals surface area contributed by atoms with Crippen LogP contribution in [0, 0.1) is 19.7 Å². The van der Waals surface area contributed by atoms with Crippen molar-refractivity contribution in [1.82, 2.24) is 0 Å². The normalized spacial score (nSPS) is 11.3. The summed E-state index contributed by atoms with van der Waals surface area (Å²) in [6.07, 6.45) is 1.76. The summed E-state index contributed by atoms with van der Waals surface area (Å²) in [6.45, 7) is 9.81. The first-order chi connectivity index (χ1) is 14.6. The van der Waals surface area contributed by atoms with Gasteiger partial charge >= 0.3 is 5.97 Å². The van der Waals surface area contributed by atoms with E-state index >= 15 is 0 Å². The van der Waals surface area contributed by atoms with Crippen molar-refractivity contribution in [2.24, 2.45) is 0 Å². The second kappa shape index (κ2) is 9.34. The molecule has 0 aliphatic rings. The predicted molar refractivity (Wildman–Crippen MR) is 125 cm³/mol. The Morgan fingerprint density at radius 1 is 0.968 bits per heavy atom. The number of rotatable bonds is 6. The van der Waals surface area contributed by atoms with Gasteiger partial charge in [0.15, 0.2) is 0 Å². The van der Waals surface area contributed by atoms with Crippen LogP contribution in [-0.4, -0.2) is 11.6 Å². The van der Waals surface area contributed by atoms with Gasteiger partial charge in [0, 0.05) is 5.69 Å². The molecule has 0 radical (unpaired) electrons. The van der Waals surface area contributed by atoms with E-state index in [4.69, 9.17) is 4.74 Å². The zero-order valence-corrected chi connectivity index (χ0v) is 18.9. The summed E-state index contributed by atoms with van der Waals surface area (Å²) >= 11 is 0. The summed E-state index contributed by atoms with van der Waals surface area (Å²) in [5.41, 5.74) is 6.26. The van der Waals surface area contributed by atoms with Gasteiger partial charge in [-0.15, -0.1) is 0 Å². The fraction of sp³-hybridized carbons (Fsp3) is 0.296. The smallest absolute Gasteiger partial charge is 0.340 e. The minimum Gasteiger partial charge on any atom is -0.456 e. The number of benzene rings is 3. The summed E-state index contributed by atoms with van der Waals surface area (Å²) in [5, 5.41) is 3.26. The third-order valence-electron chi connectivity index (χ3n) is 5.23. The van der Waals surface area contributed by atoms with Crippen LogP contribution in [0.2, 0.25) is 0 Å². The Kier molecular flexibility index (Phi) is 6.79. The van der Waals surface area contributed by atoms with Gasteiger partial charge in [-0.3, -0.25) is 0 Å². The van der Waals surface area contributed by atoms with E-state index in [1.165, 1.54) is 28.8 Å². The highest BCUT2D eigenvalue weighted by molar-refractivity contribution is 5.97. The zero-order chi connectivity index (χ0) is 22.6. The van der Waals surface area contributed by atoms with Crippen molar-refractivity contribution in [3.63, 3.8) is 0 Å². The Labute approximate surface area is 184 Å². The quantitative estimate of drug-likeness (QED) is 0.440. The molecule has 1 N–H and O–H groups in total. The van der Waals surface area contributed by atoms with Crippen molar-refractivity contribution in [2.45, 2.75) is 53.1 Å². The van der Waals surface area contributed by atoms with Gasteiger partial charge in [-0.25, -0.2) is 9.18 Å². The highest BCUT2D eigenvalue weighted by atomic mass is 19.1. The molecule has 0 aliphatic heterocycles. The Morgan fingerprint density at radius 3 is 2.35 bits per heavy atom. The minimum atomic E-state index is -0.592. The highest BCUT2D eigenvalue weighted by Gasteiger charge is 2.21. The van der Waals surface area contributed by atoms with E-state index in [-0.39, 0.29) is 5.82 Å².